The van der Waals surface area contributed by atoms with E-state index in [9.17, 15) is 4.79 Å². The molecule has 0 aromatic rings. The standard InChI is InChI=1S/C5H10ClNO2/c1-4(3-6)5(8)7(2)9/h4,9H,3H2,1-2H3. The summed E-state index contributed by atoms with van der Waals surface area (Å²) in [6, 6.07) is 0. The lowest BCUT2D eigenvalue weighted by atomic mass is 10.2. The van der Waals surface area contributed by atoms with Gasteiger partial charge in [-0.25, -0.2) is 5.06 Å². The Labute approximate surface area is 59.2 Å². The van der Waals surface area contributed by atoms with Crippen LogP contribution in [0.15, 0.2) is 0 Å². The van der Waals surface area contributed by atoms with Crippen molar-refractivity contribution in [2.45, 2.75) is 6.92 Å². The van der Waals surface area contributed by atoms with E-state index >= 15 is 0 Å². The second kappa shape index (κ2) is 3.69. The number of hydrogen-bond acceptors (Lipinski definition) is 2. The molecule has 0 aliphatic rings. The van der Waals surface area contributed by atoms with Gasteiger partial charge in [-0.15, -0.1) is 11.6 Å². The first-order valence-corrected chi connectivity index (χ1v) is 3.15. The summed E-state index contributed by atoms with van der Waals surface area (Å²) in [5.74, 6) is -0.421. The first kappa shape index (κ1) is 8.72. The SMILES string of the molecule is CC(CCl)C(=O)N(C)O. The smallest absolute Gasteiger partial charge is 0.249 e. The molecule has 3 nitrogen and oxygen atoms in total. The summed E-state index contributed by atoms with van der Waals surface area (Å²) in [6.45, 7) is 1.65. The number of hydroxylamine groups is 2. The molecule has 0 rings (SSSR count). The molecule has 0 saturated heterocycles. The molecule has 0 radical (unpaired) electrons. The molecule has 0 bridgehead atoms. The molecule has 1 atom stereocenters. The Morgan fingerprint density at radius 1 is 1.89 bits per heavy atom. The average molecular weight is 152 g/mol. The highest BCUT2D eigenvalue weighted by molar-refractivity contribution is 6.19. The van der Waals surface area contributed by atoms with Gasteiger partial charge in [-0.3, -0.25) is 10.0 Å². The first-order valence-electron chi connectivity index (χ1n) is 2.62. The van der Waals surface area contributed by atoms with Gasteiger partial charge >= 0.3 is 0 Å². The predicted molar refractivity (Wildman–Crippen MR) is 34.4 cm³/mol. The fourth-order valence-corrected chi connectivity index (χ4v) is 0.517. The number of rotatable bonds is 2. The van der Waals surface area contributed by atoms with Crippen molar-refractivity contribution >= 4 is 17.5 Å². The number of halogens is 1. The first-order chi connectivity index (χ1) is 4.09. The van der Waals surface area contributed by atoms with Crippen molar-refractivity contribution < 1.29 is 10.0 Å². The van der Waals surface area contributed by atoms with Gasteiger partial charge < -0.3 is 0 Å². The van der Waals surface area contributed by atoms with Gasteiger partial charge in [-0.1, -0.05) is 6.92 Å². The van der Waals surface area contributed by atoms with Gasteiger partial charge in [0.05, 0.1) is 5.92 Å². The third-order valence-corrected chi connectivity index (χ3v) is 1.43. The minimum absolute atomic E-state index is 0.240. The minimum atomic E-state index is -0.356. The van der Waals surface area contributed by atoms with Gasteiger partial charge in [0.25, 0.3) is 0 Å². The summed E-state index contributed by atoms with van der Waals surface area (Å²) in [5, 5.41) is 9.10. The summed E-state index contributed by atoms with van der Waals surface area (Å²) in [4.78, 5) is 10.7. The zero-order valence-corrected chi connectivity index (χ0v) is 6.22. The van der Waals surface area contributed by atoms with Crippen LogP contribution in [0.3, 0.4) is 0 Å². The summed E-state index contributed by atoms with van der Waals surface area (Å²) in [6.07, 6.45) is 0. The lowest BCUT2D eigenvalue weighted by Crippen LogP contribution is -2.29. The van der Waals surface area contributed by atoms with Gasteiger partial charge in [0.15, 0.2) is 0 Å². The Hall–Kier alpha value is -0.280. The molecular formula is C5H10ClNO2. The molecule has 0 aliphatic heterocycles. The Balaban J connectivity index is 3.73. The largest absolute Gasteiger partial charge is 0.286 e. The molecular weight excluding hydrogens is 142 g/mol. The fourth-order valence-electron chi connectivity index (χ4n) is 0.385. The molecule has 0 aromatic heterocycles. The van der Waals surface area contributed by atoms with Gasteiger partial charge in [-0.05, 0) is 0 Å². The van der Waals surface area contributed by atoms with E-state index in [1.807, 2.05) is 0 Å². The lowest BCUT2D eigenvalue weighted by Gasteiger charge is -2.11. The van der Waals surface area contributed by atoms with Crippen molar-refractivity contribution in [1.29, 1.82) is 0 Å². The van der Waals surface area contributed by atoms with E-state index in [0.717, 1.165) is 0 Å². The van der Waals surface area contributed by atoms with Gasteiger partial charge in [0.1, 0.15) is 0 Å². The van der Waals surface area contributed by atoms with E-state index in [2.05, 4.69) is 0 Å². The van der Waals surface area contributed by atoms with Crippen molar-refractivity contribution in [1.82, 2.24) is 5.06 Å². The Morgan fingerprint density at radius 3 is 2.44 bits per heavy atom. The second-order valence-corrected chi connectivity index (χ2v) is 2.23. The van der Waals surface area contributed by atoms with Crippen molar-refractivity contribution in [3.8, 4) is 0 Å². The number of alkyl halides is 1. The van der Waals surface area contributed by atoms with Crippen LogP contribution in [0.5, 0.6) is 0 Å². The highest BCUT2D eigenvalue weighted by Gasteiger charge is 2.13. The minimum Gasteiger partial charge on any atom is -0.286 e. The van der Waals surface area contributed by atoms with Crippen LogP contribution in [-0.2, 0) is 4.79 Å². The van der Waals surface area contributed by atoms with E-state index in [0.29, 0.717) is 5.06 Å². The molecule has 0 aliphatic carbocycles. The molecule has 0 spiro atoms. The quantitative estimate of drug-likeness (QED) is 0.359. The zero-order chi connectivity index (χ0) is 7.44. The maximum absolute atomic E-state index is 10.7. The number of carbonyl (C=O) groups is 1. The second-order valence-electron chi connectivity index (χ2n) is 1.92. The van der Waals surface area contributed by atoms with Crippen molar-refractivity contribution in [2.24, 2.45) is 5.92 Å². The number of carbonyl (C=O) groups excluding carboxylic acids is 1. The molecule has 1 unspecified atom stereocenters. The average Bonchev–Trinajstić information content (AvgIpc) is 1.84. The van der Waals surface area contributed by atoms with E-state index in [4.69, 9.17) is 16.8 Å². The molecule has 0 fully saturated rings. The molecule has 1 amide bonds. The maximum Gasteiger partial charge on any atom is 0.249 e. The summed E-state index contributed by atoms with van der Waals surface area (Å²) in [5.41, 5.74) is 0. The molecule has 1 N–H and O–H groups in total. The predicted octanol–water partition coefficient (Wildman–Crippen LogP) is 0.709. The van der Waals surface area contributed by atoms with Gasteiger partial charge in [0.2, 0.25) is 5.91 Å². The highest BCUT2D eigenvalue weighted by atomic mass is 35.5. The molecule has 0 saturated carbocycles. The maximum atomic E-state index is 10.7. The molecule has 54 valence electrons. The lowest BCUT2D eigenvalue weighted by molar-refractivity contribution is -0.162. The molecule has 9 heavy (non-hydrogen) atoms. The van der Waals surface area contributed by atoms with Crippen LogP contribution in [0.1, 0.15) is 6.92 Å². The molecule has 0 aromatic carbocycles. The van der Waals surface area contributed by atoms with Crippen LogP contribution in [0.2, 0.25) is 0 Å². The van der Waals surface area contributed by atoms with Crippen LogP contribution in [0, 0.1) is 5.92 Å². The summed E-state index contributed by atoms with van der Waals surface area (Å²) >= 11 is 5.33. The highest BCUT2D eigenvalue weighted by Crippen LogP contribution is 2.00. The van der Waals surface area contributed by atoms with Crippen molar-refractivity contribution in [3.05, 3.63) is 0 Å². The normalized spacial score (nSPS) is 12.9. The number of amides is 1. The van der Waals surface area contributed by atoms with Crippen molar-refractivity contribution in [2.75, 3.05) is 12.9 Å². The number of hydrogen-bond donors (Lipinski definition) is 1. The van der Waals surface area contributed by atoms with Crippen LogP contribution >= 0.6 is 11.6 Å². The van der Waals surface area contributed by atoms with Gasteiger partial charge in [-0.2, -0.15) is 0 Å². The third-order valence-electron chi connectivity index (χ3n) is 0.972. The van der Waals surface area contributed by atoms with E-state index < -0.39 is 0 Å². The van der Waals surface area contributed by atoms with E-state index in [-0.39, 0.29) is 17.7 Å². The summed E-state index contributed by atoms with van der Waals surface area (Å²) < 4.78 is 0. The Morgan fingerprint density at radius 2 is 2.33 bits per heavy atom. The van der Waals surface area contributed by atoms with Crippen LogP contribution in [0.4, 0.5) is 0 Å². The van der Waals surface area contributed by atoms with E-state index in [1.54, 1.807) is 6.92 Å². The Kier molecular flexibility index (Phi) is 3.58. The van der Waals surface area contributed by atoms with Gasteiger partial charge in [0, 0.05) is 12.9 Å². The van der Waals surface area contributed by atoms with Crippen LogP contribution < -0.4 is 0 Å². The Bertz CT molecular complexity index is 105. The molecule has 4 heteroatoms. The van der Waals surface area contributed by atoms with Crippen LogP contribution in [-0.4, -0.2) is 29.1 Å². The van der Waals surface area contributed by atoms with Crippen LogP contribution in [0.25, 0.3) is 0 Å². The molecule has 0 heterocycles. The van der Waals surface area contributed by atoms with E-state index in [1.165, 1.54) is 7.05 Å². The monoisotopic (exact) mass is 151 g/mol. The number of nitrogens with zero attached hydrogens (tertiary/aromatic N) is 1. The summed E-state index contributed by atoms with van der Waals surface area (Å²) in [7, 11) is 1.28. The zero-order valence-electron chi connectivity index (χ0n) is 5.47. The third kappa shape index (κ3) is 2.67. The topological polar surface area (TPSA) is 40.5 Å². The van der Waals surface area contributed by atoms with Crippen molar-refractivity contribution in [3.63, 3.8) is 0 Å². The fraction of sp³-hybridized carbons (Fsp3) is 0.800.